The summed E-state index contributed by atoms with van der Waals surface area (Å²) in [6.07, 6.45) is -0.133. The molecule has 1 N–H and O–H groups in total. The van der Waals surface area contributed by atoms with Crippen LogP contribution in [0.3, 0.4) is 0 Å². The van der Waals surface area contributed by atoms with E-state index in [4.69, 9.17) is 0 Å². The third kappa shape index (κ3) is 3.56. The van der Waals surface area contributed by atoms with E-state index in [-0.39, 0.29) is 0 Å². The van der Waals surface area contributed by atoms with Gasteiger partial charge in [-0.25, -0.2) is 0 Å². The third-order valence-electron chi connectivity index (χ3n) is 2.39. The predicted molar refractivity (Wildman–Crippen MR) is 59.6 cm³/mol. The zero-order valence-electron chi connectivity index (χ0n) is 9.33. The first-order valence-corrected chi connectivity index (χ1v) is 5.28. The van der Waals surface area contributed by atoms with E-state index < -0.39 is 18.5 Å². The van der Waals surface area contributed by atoms with Gasteiger partial charge in [0.2, 0.25) is 0 Å². The zero-order chi connectivity index (χ0) is 12.3. The normalized spacial score (nSPS) is 14.2. The summed E-state index contributed by atoms with van der Waals surface area (Å²) >= 11 is 0. The van der Waals surface area contributed by atoms with Gasteiger partial charge in [0, 0.05) is 0 Å². The van der Waals surface area contributed by atoms with E-state index in [1.165, 1.54) is 12.1 Å². The van der Waals surface area contributed by atoms with Gasteiger partial charge in [0.1, 0.15) is 0 Å². The molecule has 0 radical (unpaired) electrons. The Balaban J connectivity index is 2.79. The van der Waals surface area contributed by atoms with Crippen LogP contribution in [-0.2, 0) is 0 Å². The van der Waals surface area contributed by atoms with E-state index in [9.17, 15) is 18.1 Å². The predicted octanol–water partition coefficient (Wildman–Crippen LogP) is 2.82. The lowest BCUT2D eigenvalue weighted by Crippen LogP contribution is -2.33. The highest BCUT2D eigenvalue weighted by atomic mass is 19.4. The Labute approximate surface area is 93.4 Å². The largest absolute Gasteiger partial charge is 0.509 e. The van der Waals surface area contributed by atoms with Gasteiger partial charge in [-0.1, -0.05) is 38.1 Å². The second kappa shape index (κ2) is 4.91. The molecule has 1 unspecified atom stereocenters. The summed E-state index contributed by atoms with van der Waals surface area (Å²) in [5, 5.41) is 9.71. The molecule has 0 aliphatic rings. The zero-order valence-corrected chi connectivity index (χ0v) is 9.33. The topological polar surface area (TPSA) is 20.2 Å². The molecule has 1 nitrogen and oxygen atoms in total. The summed E-state index contributed by atoms with van der Waals surface area (Å²) < 4.78 is 37.0. The highest BCUT2D eigenvalue weighted by Crippen LogP contribution is 2.20. The molecule has 1 atom stereocenters. The number of benzene rings is 1. The smallest absolute Gasteiger partial charge is 0.445 e. The Bertz CT molecular complexity index is 332. The van der Waals surface area contributed by atoms with Crippen LogP contribution < -0.4 is 5.46 Å². The van der Waals surface area contributed by atoms with Crippen molar-refractivity contribution >= 4 is 12.4 Å². The van der Waals surface area contributed by atoms with Crippen LogP contribution in [-0.4, -0.2) is 12.1 Å². The van der Waals surface area contributed by atoms with Crippen LogP contribution in [0.5, 0.6) is 0 Å². The minimum atomic E-state index is -4.94. The second-order valence-corrected chi connectivity index (χ2v) is 4.39. The summed E-state index contributed by atoms with van der Waals surface area (Å²) in [4.78, 5) is 0. The molecule has 0 saturated carbocycles. The lowest BCUT2D eigenvalue weighted by molar-refractivity contribution is 0.151. The highest BCUT2D eigenvalue weighted by Gasteiger charge is 2.25. The van der Waals surface area contributed by atoms with Crippen LogP contribution in [0.2, 0.25) is 0 Å². The quantitative estimate of drug-likeness (QED) is 0.790. The summed E-state index contributed by atoms with van der Waals surface area (Å²) in [6.45, 7) is -1.03. The average Bonchev–Trinajstić information content (AvgIpc) is 2.15. The van der Waals surface area contributed by atoms with Crippen molar-refractivity contribution in [2.75, 3.05) is 0 Å². The van der Waals surface area contributed by atoms with Crippen molar-refractivity contribution in [3.8, 4) is 0 Å². The number of hydrogen-bond acceptors (Lipinski definition) is 1. The van der Waals surface area contributed by atoms with Crippen LogP contribution in [0.25, 0.3) is 0 Å². The van der Waals surface area contributed by atoms with Crippen molar-refractivity contribution < 1.29 is 18.1 Å². The molecular weight excluding hydrogens is 216 g/mol. The van der Waals surface area contributed by atoms with E-state index in [1.54, 1.807) is 0 Å². The molecule has 0 fully saturated rings. The molecule has 0 aromatic heterocycles. The molecule has 5 heteroatoms. The first kappa shape index (κ1) is 13.1. The van der Waals surface area contributed by atoms with E-state index in [0.29, 0.717) is 17.9 Å². The minimum absolute atomic E-state index is 0.307. The summed E-state index contributed by atoms with van der Waals surface area (Å²) in [5.41, 5.74) is -0.0852. The molecule has 0 amide bonds. The SMILES string of the molecule is CC(C)CC(O)c1ccc([B-](F)(F)F)cc1. The van der Waals surface area contributed by atoms with Crippen molar-refractivity contribution in [3.05, 3.63) is 29.8 Å². The number of halogens is 3. The van der Waals surface area contributed by atoms with Crippen LogP contribution in [0.4, 0.5) is 12.9 Å². The maximum atomic E-state index is 12.3. The van der Waals surface area contributed by atoms with Crippen LogP contribution in [0, 0.1) is 5.92 Å². The first-order chi connectivity index (χ1) is 7.30. The lowest BCUT2D eigenvalue weighted by atomic mass is 9.79. The Kier molecular flexibility index (Phi) is 4.02. The van der Waals surface area contributed by atoms with Gasteiger partial charge in [0.05, 0.1) is 6.10 Å². The van der Waals surface area contributed by atoms with Gasteiger partial charge in [0.15, 0.2) is 0 Å². The first-order valence-electron chi connectivity index (χ1n) is 5.28. The fourth-order valence-electron chi connectivity index (χ4n) is 1.52. The molecule has 16 heavy (non-hydrogen) atoms. The fraction of sp³-hybridized carbons (Fsp3) is 0.455. The average molecular weight is 231 g/mol. The van der Waals surface area contributed by atoms with Gasteiger partial charge in [-0.15, -0.1) is 5.46 Å². The van der Waals surface area contributed by atoms with E-state index in [0.717, 1.165) is 12.1 Å². The molecule has 0 heterocycles. The van der Waals surface area contributed by atoms with Crippen molar-refractivity contribution in [2.24, 2.45) is 5.92 Å². The summed E-state index contributed by atoms with van der Waals surface area (Å²) in [5.74, 6) is 0.307. The van der Waals surface area contributed by atoms with Crippen molar-refractivity contribution in [3.63, 3.8) is 0 Å². The molecule has 0 saturated heterocycles. The van der Waals surface area contributed by atoms with E-state index in [2.05, 4.69) is 0 Å². The molecule has 0 spiro atoms. The third-order valence-corrected chi connectivity index (χ3v) is 2.39. The van der Waals surface area contributed by atoms with E-state index >= 15 is 0 Å². The van der Waals surface area contributed by atoms with Gasteiger partial charge >= 0.3 is 6.98 Å². The Hall–Kier alpha value is -0.965. The molecule has 1 rings (SSSR count). The monoisotopic (exact) mass is 231 g/mol. The molecule has 90 valence electrons. The lowest BCUT2D eigenvalue weighted by Gasteiger charge is -2.17. The van der Waals surface area contributed by atoms with Crippen molar-refractivity contribution in [1.82, 2.24) is 0 Å². The van der Waals surface area contributed by atoms with Gasteiger partial charge in [-0.3, -0.25) is 0 Å². The molecule has 1 aromatic rings. The Morgan fingerprint density at radius 1 is 1.12 bits per heavy atom. The number of aliphatic hydroxyl groups excluding tert-OH is 1. The van der Waals surface area contributed by atoms with Crippen LogP contribution in [0.15, 0.2) is 24.3 Å². The molecule has 0 aliphatic heterocycles. The molecule has 0 aliphatic carbocycles. The van der Waals surface area contributed by atoms with Gasteiger partial charge in [-0.05, 0) is 17.9 Å². The second-order valence-electron chi connectivity index (χ2n) is 4.39. The number of rotatable bonds is 4. The number of aliphatic hydroxyl groups is 1. The molecular formula is C11H15BF3O-. The highest BCUT2D eigenvalue weighted by molar-refractivity contribution is 6.73. The van der Waals surface area contributed by atoms with Crippen molar-refractivity contribution in [1.29, 1.82) is 0 Å². The standard InChI is InChI=1S/C11H15BF3O/c1-8(2)7-11(16)9-3-5-10(6-4-9)12(13,14)15/h3-6,8,11,16H,7H2,1-2H3/q-1. The maximum Gasteiger partial charge on any atom is 0.509 e. The van der Waals surface area contributed by atoms with Gasteiger partial charge < -0.3 is 18.1 Å². The van der Waals surface area contributed by atoms with E-state index in [1.807, 2.05) is 13.8 Å². The van der Waals surface area contributed by atoms with Crippen molar-refractivity contribution in [2.45, 2.75) is 26.4 Å². The minimum Gasteiger partial charge on any atom is -0.445 e. The Morgan fingerprint density at radius 2 is 1.62 bits per heavy atom. The van der Waals surface area contributed by atoms with Gasteiger partial charge in [-0.2, -0.15) is 0 Å². The summed E-state index contributed by atoms with van der Waals surface area (Å²) in [6, 6.07) is 4.74. The number of hydrogen-bond donors (Lipinski definition) is 1. The van der Waals surface area contributed by atoms with Crippen LogP contribution >= 0.6 is 0 Å². The van der Waals surface area contributed by atoms with Gasteiger partial charge in [0.25, 0.3) is 0 Å². The maximum absolute atomic E-state index is 12.3. The summed E-state index contributed by atoms with van der Waals surface area (Å²) in [7, 11) is 0. The molecule has 0 bridgehead atoms. The van der Waals surface area contributed by atoms with Crippen LogP contribution in [0.1, 0.15) is 31.9 Å². The Morgan fingerprint density at radius 3 is 2.00 bits per heavy atom. The molecule has 1 aromatic carbocycles. The fourth-order valence-corrected chi connectivity index (χ4v) is 1.52.